The van der Waals surface area contributed by atoms with Crippen molar-refractivity contribution in [1.29, 1.82) is 0 Å². The Hall–Kier alpha value is -3.70. The number of rotatable bonds is 7. The van der Waals surface area contributed by atoms with Crippen LogP contribution in [0.1, 0.15) is 70.1 Å². The molecule has 12 heteroatoms. The molecule has 6 rings (SSSR count). The number of nitrogens with one attached hydrogen (secondary N) is 2. The first-order valence-electron chi connectivity index (χ1n) is 14.8. The minimum absolute atomic E-state index is 0.216. The zero-order valence-electron chi connectivity index (χ0n) is 25.3. The van der Waals surface area contributed by atoms with E-state index >= 15 is 0 Å². The van der Waals surface area contributed by atoms with Crippen LogP contribution in [-0.2, 0) is 13.1 Å². The van der Waals surface area contributed by atoms with Gasteiger partial charge in [-0.1, -0.05) is 47.5 Å². The summed E-state index contributed by atoms with van der Waals surface area (Å²) >= 11 is 13.7. The van der Waals surface area contributed by atoms with Gasteiger partial charge >= 0.3 is 0 Å². The number of amides is 2. The van der Waals surface area contributed by atoms with Gasteiger partial charge in [-0.3, -0.25) is 19.0 Å². The zero-order chi connectivity index (χ0) is 31.1. The van der Waals surface area contributed by atoms with Gasteiger partial charge in [0, 0.05) is 24.2 Å². The van der Waals surface area contributed by atoms with Crippen molar-refractivity contribution in [1.82, 2.24) is 29.4 Å². The molecule has 0 bridgehead atoms. The third kappa shape index (κ3) is 5.75. The topological polar surface area (TPSA) is 100 Å². The number of anilines is 2. The largest absolute Gasteiger partial charge is 0.319 e. The van der Waals surface area contributed by atoms with Gasteiger partial charge in [0.15, 0.2) is 11.4 Å². The molecule has 0 fully saturated rings. The third-order valence-corrected chi connectivity index (χ3v) is 9.31. The molecule has 2 amide bonds. The van der Waals surface area contributed by atoms with Gasteiger partial charge in [0.05, 0.1) is 44.9 Å². The molecular formula is C32H36Cl2N8O2. The summed E-state index contributed by atoms with van der Waals surface area (Å²) < 4.78 is 3.83. The highest BCUT2D eigenvalue weighted by Gasteiger charge is 2.28. The second kappa shape index (κ2) is 12.4. The molecule has 44 heavy (non-hydrogen) atoms. The maximum Gasteiger partial charge on any atom is 0.276 e. The summed E-state index contributed by atoms with van der Waals surface area (Å²) in [6.45, 7) is 1.57. The molecule has 0 unspecified atom stereocenters. The molecule has 2 aliphatic heterocycles. The zero-order valence-corrected chi connectivity index (χ0v) is 26.8. The lowest BCUT2D eigenvalue weighted by Gasteiger charge is -2.28. The summed E-state index contributed by atoms with van der Waals surface area (Å²) in [5.74, 6) is -0.676. The van der Waals surface area contributed by atoms with Crippen LogP contribution in [0.4, 0.5) is 11.4 Å². The average Bonchev–Trinajstić information content (AvgIpc) is 3.64. The quantitative estimate of drug-likeness (QED) is 0.246. The molecule has 10 nitrogen and oxygen atoms in total. The Bertz CT molecular complexity index is 1600. The second-order valence-electron chi connectivity index (χ2n) is 11.8. The number of aromatic nitrogens is 4. The molecule has 4 heterocycles. The Labute approximate surface area is 266 Å². The standard InChI is InChI=1S/C32H36Cl2N8O2/c1-39(2)25-13-7-15-41-27(25)17-23(37-41)31(43)35-21-11-5-9-19(29(21)33)20-10-6-12-22(30(20)34)36-32(44)24-18-28-26(40(3)4)14-8-16-42(28)38-24/h5-6,9-12,17-18,25-26H,7-8,13-16H2,1-4H3,(H,35,43)(H,36,44)/t25-,26-/m0/s1. The van der Waals surface area contributed by atoms with Gasteiger partial charge in [-0.15, -0.1) is 0 Å². The van der Waals surface area contributed by atoms with Gasteiger partial charge < -0.3 is 20.4 Å². The summed E-state index contributed by atoms with van der Waals surface area (Å²) in [6.07, 6.45) is 4.06. The van der Waals surface area contributed by atoms with Crippen LogP contribution in [0.2, 0.25) is 10.0 Å². The first-order chi connectivity index (χ1) is 21.1. The molecular weight excluding hydrogens is 599 g/mol. The molecule has 0 spiro atoms. The van der Waals surface area contributed by atoms with Crippen molar-refractivity contribution >= 4 is 46.4 Å². The number of benzene rings is 2. The summed E-state index contributed by atoms with van der Waals surface area (Å²) in [6, 6.07) is 14.9. The van der Waals surface area contributed by atoms with E-state index in [-0.39, 0.29) is 23.9 Å². The molecule has 0 saturated heterocycles. The van der Waals surface area contributed by atoms with Gasteiger partial charge in [0.25, 0.3) is 11.8 Å². The summed E-state index contributed by atoms with van der Waals surface area (Å²) in [5.41, 5.74) is 4.87. The van der Waals surface area contributed by atoms with E-state index in [1.165, 1.54) is 0 Å². The minimum Gasteiger partial charge on any atom is -0.319 e. The van der Waals surface area contributed by atoms with Gasteiger partial charge in [0.2, 0.25) is 0 Å². The predicted molar refractivity (Wildman–Crippen MR) is 174 cm³/mol. The van der Waals surface area contributed by atoms with E-state index in [1.54, 1.807) is 24.3 Å². The highest BCUT2D eigenvalue weighted by Crippen LogP contribution is 2.40. The lowest BCUT2D eigenvalue weighted by atomic mass is 10.0. The molecule has 2 atom stereocenters. The van der Waals surface area contributed by atoms with Crippen LogP contribution >= 0.6 is 23.2 Å². The highest BCUT2D eigenvalue weighted by atomic mass is 35.5. The van der Waals surface area contributed by atoms with Crippen molar-refractivity contribution in [3.63, 3.8) is 0 Å². The lowest BCUT2D eigenvalue weighted by Crippen LogP contribution is -2.26. The first-order valence-corrected chi connectivity index (χ1v) is 15.6. The number of hydrogen-bond donors (Lipinski definition) is 2. The maximum absolute atomic E-state index is 13.3. The van der Waals surface area contributed by atoms with Crippen molar-refractivity contribution in [2.24, 2.45) is 0 Å². The molecule has 0 radical (unpaired) electrons. The normalized spacial score (nSPS) is 17.8. The number of fused-ring (bicyclic) bond motifs is 2. The van der Waals surface area contributed by atoms with Gasteiger partial charge in [-0.2, -0.15) is 10.2 Å². The van der Waals surface area contributed by atoms with Gasteiger partial charge in [-0.05, 0) is 78.1 Å². The van der Waals surface area contributed by atoms with E-state index in [9.17, 15) is 9.59 Å². The summed E-state index contributed by atoms with van der Waals surface area (Å²) in [4.78, 5) is 30.8. The Morgan fingerprint density at radius 1 is 0.727 bits per heavy atom. The first kappa shape index (κ1) is 30.3. The van der Waals surface area contributed by atoms with Crippen LogP contribution in [0.3, 0.4) is 0 Å². The van der Waals surface area contributed by atoms with E-state index < -0.39 is 0 Å². The number of hydrogen-bond acceptors (Lipinski definition) is 6. The fraction of sp³-hybridized carbons (Fsp3) is 0.375. The van der Waals surface area contributed by atoms with Crippen molar-refractivity contribution in [2.75, 3.05) is 38.8 Å². The molecule has 2 aromatic heterocycles. The van der Waals surface area contributed by atoms with Crippen molar-refractivity contribution in [3.05, 3.63) is 81.4 Å². The van der Waals surface area contributed by atoms with Crippen molar-refractivity contribution < 1.29 is 9.59 Å². The Balaban J connectivity index is 1.22. The molecule has 0 saturated carbocycles. The SMILES string of the molecule is CN(C)[C@H]1CCCn2nc(C(=O)Nc3cccc(-c4cccc(NC(=O)c5cc6n(n5)CCC[C@@H]6N(C)C)c4Cl)c3Cl)cc21. The highest BCUT2D eigenvalue weighted by molar-refractivity contribution is 6.40. The van der Waals surface area contributed by atoms with E-state index in [0.29, 0.717) is 43.9 Å². The number of carbonyl (C=O) groups is 2. The van der Waals surface area contributed by atoms with Crippen LogP contribution in [0.25, 0.3) is 11.1 Å². The summed E-state index contributed by atoms with van der Waals surface area (Å²) in [7, 11) is 8.15. The van der Waals surface area contributed by atoms with Crippen LogP contribution in [0.15, 0.2) is 48.5 Å². The van der Waals surface area contributed by atoms with Gasteiger partial charge in [-0.25, -0.2) is 0 Å². The number of carbonyl (C=O) groups excluding carboxylic acids is 2. The minimum atomic E-state index is -0.338. The van der Waals surface area contributed by atoms with Crippen molar-refractivity contribution in [2.45, 2.75) is 50.9 Å². The maximum atomic E-state index is 13.3. The fourth-order valence-electron chi connectivity index (χ4n) is 6.23. The van der Waals surface area contributed by atoms with Crippen molar-refractivity contribution in [3.8, 4) is 11.1 Å². The molecule has 230 valence electrons. The third-order valence-electron chi connectivity index (χ3n) is 8.50. The number of nitrogens with zero attached hydrogens (tertiary/aromatic N) is 6. The monoisotopic (exact) mass is 634 g/mol. The van der Waals surface area contributed by atoms with Gasteiger partial charge in [0.1, 0.15) is 0 Å². The Kier molecular flexibility index (Phi) is 8.52. The Morgan fingerprint density at radius 3 is 1.52 bits per heavy atom. The number of aryl methyl sites for hydroxylation is 2. The molecule has 2 aromatic carbocycles. The molecule has 2 aliphatic rings. The second-order valence-corrected chi connectivity index (χ2v) is 12.6. The van der Waals surface area contributed by atoms with Crippen LogP contribution in [-0.4, -0.2) is 69.4 Å². The average molecular weight is 636 g/mol. The predicted octanol–water partition coefficient (Wildman–Crippen LogP) is 6.35. The Morgan fingerprint density at radius 2 is 1.14 bits per heavy atom. The smallest absolute Gasteiger partial charge is 0.276 e. The van der Waals surface area contributed by atoms with Crippen LogP contribution in [0.5, 0.6) is 0 Å². The van der Waals surface area contributed by atoms with Crippen LogP contribution in [0, 0.1) is 0 Å². The van der Waals surface area contributed by atoms with Crippen LogP contribution < -0.4 is 10.6 Å². The van der Waals surface area contributed by atoms with E-state index in [1.807, 2.05) is 61.8 Å². The molecule has 2 N–H and O–H groups in total. The summed E-state index contributed by atoms with van der Waals surface area (Å²) in [5, 5.41) is 15.6. The van der Waals surface area contributed by atoms with E-state index in [0.717, 1.165) is 50.2 Å². The molecule has 4 aromatic rings. The fourth-order valence-corrected chi connectivity index (χ4v) is 6.78. The van der Waals surface area contributed by atoms with E-state index in [4.69, 9.17) is 23.2 Å². The molecule has 0 aliphatic carbocycles. The lowest BCUT2D eigenvalue weighted by molar-refractivity contribution is 0.101. The van der Waals surface area contributed by atoms with E-state index in [2.05, 4.69) is 30.6 Å². The number of halogens is 2.